The topological polar surface area (TPSA) is 100.0 Å². The van der Waals surface area contributed by atoms with Crippen molar-refractivity contribution >= 4 is 51.4 Å². The van der Waals surface area contributed by atoms with Gasteiger partial charge in [-0.3, -0.25) is 9.78 Å². The van der Waals surface area contributed by atoms with Crippen molar-refractivity contribution in [2.75, 3.05) is 58.9 Å². The molecule has 1 amide bonds. The number of nitrogens with one attached hydrogen (secondary N) is 1. The third-order valence-corrected chi connectivity index (χ3v) is 9.06. The highest BCUT2D eigenvalue weighted by atomic mass is 35.5. The number of carbonyl (C=O) groups excluding carboxylic acids is 1. The molecule has 0 unspecified atom stereocenters. The number of halogens is 2. The number of hydrogen-bond donors (Lipinski definition) is 1. The summed E-state index contributed by atoms with van der Waals surface area (Å²) in [5.41, 5.74) is 2.06. The number of methoxy groups -OCH3 is 2. The molecular weight excluding hydrogens is 577 g/mol. The molecule has 0 bridgehead atoms. The summed E-state index contributed by atoms with van der Waals surface area (Å²) in [5, 5.41) is 14.5. The molecule has 42 heavy (non-hydrogen) atoms. The summed E-state index contributed by atoms with van der Waals surface area (Å²) in [6.45, 7) is 5.39. The molecule has 2 atom stereocenters. The fraction of sp³-hybridized carbons (Fsp3) is 0.452. The lowest BCUT2D eigenvalue weighted by Gasteiger charge is -2.21. The van der Waals surface area contributed by atoms with Gasteiger partial charge in [0.25, 0.3) is 0 Å². The first-order valence-electron chi connectivity index (χ1n) is 14.2. The van der Waals surface area contributed by atoms with Gasteiger partial charge < -0.3 is 29.3 Å². The molecular formula is C31H33Cl2N5O4. The summed E-state index contributed by atoms with van der Waals surface area (Å²) < 4.78 is 17.2. The van der Waals surface area contributed by atoms with Crippen LogP contribution in [0.4, 0.5) is 11.4 Å². The SMILES string of the molecule is COc1cc(Nc2c(C#N)cnc3cc(OCCCN4C[C@@H]5CN(C(=O)C6CC6)C[C@@H]5C4)c(OC)cc23)c(Cl)cc1Cl. The highest BCUT2D eigenvalue weighted by Crippen LogP contribution is 2.41. The van der Waals surface area contributed by atoms with Gasteiger partial charge in [-0.1, -0.05) is 23.2 Å². The van der Waals surface area contributed by atoms with Crippen molar-refractivity contribution in [3.8, 4) is 23.3 Å². The molecule has 6 rings (SSSR count). The van der Waals surface area contributed by atoms with E-state index < -0.39 is 0 Å². The van der Waals surface area contributed by atoms with Crippen LogP contribution in [0.2, 0.25) is 10.0 Å². The van der Waals surface area contributed by atoms with Gasteiger partial charge >= 0.3 is 0 Å². The van der Waals surface area contributed by atoms with E-state index in [0.29, 0.717) is 85.4 Å². The number of pyridine rings is 1. The molecule has 3 heterocycles. The molecule has 9 nitrogen and oxygen atoms in total. The summed E-state index contributed by atoms with van der Waals surface area (Å²) >= 11 is 12.7. The van der Waals surface area contributed by atoms with Crippen LogP contribution in [-0.4, -0.2) is 74.2 Å². The predicted octanol–water partition coefficient (Wildman–Crippen LogP) is 5.74. The van der Waals surface area contributed by atoms with E-state index >= 15 is 0 Å². The number of carbonyl (C=O) groups is 1. The number of benzene rings is 2. The number of nitrogens with zero attached hydrogens (tertiary/aromatic N) is 4. The van der Waals surface area contributed by atoms with E-state index in [1.165, 1.54) is 13.3 Å². The second-order valence-electron chi connectivity index (χ2n) is 11.3. The van der Waals surface area contributed by atoms with E-state index in [2.05, 4.69) is 26.2 Å². The number of fused-ring (bicyclic) bond motifs is 2. The summed E-state index contributed by atoms with van der Waals surface area (Å²) in [4.78, 5) is 21.5. The van der Waals surface area contributed by atoms with Crippen LogP contribution in [0.1, 0.15) is 24.8 Å². The maximum absolute atomic E-state index is 12.4. The van der Waals surface area contributed by atoms with Crippen LogP contribution >= 0.6 is 23.2 Å². The Kier molecular flexibility index (Phi) is 8.22. The van der Waals surface area contributed by atoms with E-state index in [1.807, 2.05) is 12.1 Å². The number of anilines is 2. The van der Waals surface area contributed by atoms with Crippen molar-refractivity contribution in [3.63, 3.8) is 0 Å². The van der Waals surface area contributed by atoms with E-state index in [4.69, 9.17) is 37.4 Å². The normalized spacial score (nSPS) is 19.9. The number of hydrogen-bond acceptors (Lipinski definition) is 8. The third-order valence-electron chi connectivity index (χ3n) is 8.45. The second-order valence-corrected chi connectivity index (χ2v) is 12.1. The monoisotopic (exact) mass is 609 g/mol. The van der Waals surface area contributed by atoms with Gasteiger partial charge in [0.15, 0.2) is 11.5 Å². The number of ether oxygens (including phenoxy) is 3. The van der Waals surface area contributed by atoms with Gasteiger partial charge in [-0.25, -0.2) is 0 Å². The number of likely N-dealkylation sites (tertiary alicyclic amines) is 2. The molecule has 1 N–H and O–H groups in total. The van der Waals surface area contributed by atoms with Crippen molar-refractivity contribution in [2.24, 2.45) is 17.8 Å². The van der Waals surface area contributed by atoms with Crippen LogP contribution in [0.3, 0.4) is 0 Å². The van der Waals surface area contributed by atoms with Crippen LogP contribution in [0, 0.1) is 29.1 Å². The minimum atomic E-state index is 0.307. The summed E-state index contributed by atoms with van der Waals surface area (Å²) in [5.74, 6) is 3.45. The lowest BCUT2D eigenvalue weighted by molar-refractivity contribution is -0.131. The molecule has 1 aromatic heterocycles. The fourth-order valence-electron chi connectivity index (χ4n) is 6.12. The summed E-state index contributed by atoms with van der Waals surface area (Å²) in [7, 11) is 3.11. The van der Waals surface area contributed by atoms with Crippen molar-refractivity contribution in [1.82, 2.24) is 14.8 Å². The minimum absolute atomic E-state index is 0.307. The van der Waals surface area contributed by atoms with Gasteiger partial charge in [0, 0.05) is 62.4 Å². The first kappa shape index (κ1) is 28.7. The van der Waals surface area contributed by atoms with Crippen molar-refractivity contribution in [2.45, 2.75) is 19.3 Å². The zero-order chi connectivity index (χ0) is 29.4. The fourth-order valence-corrected chi connectivity index (χ4v) is 6.63. The quantitative estimate of drug-likeness (QED) is 0.290. The maximum atomic E-state index is 12.4. The molecule has 2 saturated heterocycles. The highest BCUT2D eigenvalue weighted by Gasteiger charge is 2.44. The van der Waals surface area contributed by atoms with E-state index in [9.17, 15) is 10.1 Å². The number of amides is 1. The Morgan fingerprint density at radius 1 is 1.02 bits per heavy atom. The van der Waals surface area contributed by atoms with Crippen LogP contribution in [0.15, 0.2) is 30.5 Å². The molecule has 3 fully saturated rings. The second kappa shape index (κ2) is 12.0. The molecule has 3 aromatic rings. The zero-order valence-corrected chi connectivity index (χ0v) is 25.2. The Hall–Kier alpha value is -3.45. The van der Waals surface area contributed by atoms with Crippen LogP contribution < -0.4 is 19.5 Å². The molecule has 3 aliphatic rings. The van der Waals surface area contributed by atoms with E-state index in [1.54, 1.807) is 19.2 Å². The third kappa shape index (κ3) is 5.76. The number of rotatable bonds is 10. The number of aromatic nitrogens is 1. The van der Waals surface area contributed by atoms with Crippen molar-refractivity contribution < 1.29 is 19.0 Å². The molecule has 220 valence electrons. The molecule has 0 radical (unpaired) electrons. The molecule has 1 aliphatic carbocycles. The number of nitriles is 1. The first-order valence-corrected chi connectivity index (χ1v) is 15.0. The maximum Gasteiger partial charge on any atom is 0.225 e. The predicted molar refractivity (Wildman–Crippen MR) is 162 cm³/mol. The summed E-state index contributed by atoms with van der Waals surface area (Å²) in [6, 6.07) is 9.12. The smallest absolute Gasteiger partial charge is 0.225 e. The largest absolute Gasteiger partial charge is 0.495 e. The molecule has 2 aliphatic heterocycles. The summed E-state index contributed by atoms with van der Waals surface area (Å²) in [6.07, 6.45) is 4.53. The standard InChI is InChI=1S/C31H33Cl2N5O4/c1-40-27-11-26(23(32)9-24(27)33)36-30-19(12-34)13-35-25-10-29(28(41-2)8-22(25)30)42-7-3-6-37-14-20-16-38(17-21(20)15-37)31(39)18-4-5-18/h8-11,13,18,20-21H,3-7,14-17H2,1-2H3,(H,35,36)/t20-,21+. The van der Waals surface area contributed by atoms with Gasteiger partial charge in [-0.15, -0.1) is 0 Å². The zero-order valence-electron chi connectivity index (χ0n) is 23.7. The van der Waals surface area contributed by atoms with Gasteiger partial charge in [-0.2, -0.15) is 5.26 Å². The molecule has 0 spiro atoms. The van der Waals surface area contributed by atoms with Gasteiger partial charge in [-0.05, 0) is 43.2 Å². The highest BCUT2D eigenvalue weighted by molar-refractivity contribution is 6.37. The van der Waals surface area contributed by atoms with Crippen LogP contribution in [0.25, 0.3) is 10.9 Å². The van der Waals surface area contributed by atoms with Crippen LogP contribution in [0.5, 0.6) is 17.2 Å². The Morgan fingerprint density at radius 2 is 1.76 bits per heavy atom. The van der Waals surface area contributed by atoms with Crippen molar-refractivity contribution in [3.05, 3.63) is 46.1 Å². The minimum Gasteiger partial charge on any atom is -0.495 e. The lowest BCUT2D eigenvalue weighted by Crippen LogP contribution is -2.34. The Labute approximate surface area is 255 Å². The van der Waals surface area contributed by atoms with Gasteiger partial charge in [0.2, 0.25) is 5.91 Å². The Bertz CT molecular complexity index is 1540. The molecule has 1 saturated carbocycles. The van der Waals surface area contributed by atoms with Crippen LogP contribution in [-0.2, 0) is 4.79 Å². The molecule has 2 aromatic carbocycles. The van der Waals surface area contributed by atoms with Gasteiger partial charge in [0.1, 0.15) is 11.8 Å². The van der Waals surface area contributed by atoms with Gasteiger partial charge in [0.05, 0.1) is 53.3 Å². The Morgan fingerprint density at radius 3 is 2.43 bits per heavy atom. The van der Waals surface area contributed by atoms with E-state index in [0.717, 1.165) is 52.0 Å². The average Bonchev–Trinajstić information content (AvgIpc) is 3.66. The average molecular weight is 611 g/mol. The molecule has 11 heteroatoms. The van der Waals surface area contributed by atoms with Crippen molar-refractivity contribution in [1.29, 1.82) is 5.26 Å². The first-order chi connectivity index (χ1) is 20.4. The van der Waals surface area contributed by atoms with E-state index in [-0.39, 0.29) is 0 Å². The Balaban J connectivity index is 1.11. The lowest BCUT2D eigenvalue weighted by atomic mass is 10.0.